The molecule has 5 heteroatoms. The van der Waals surface area contributed by atoms with Gasteiger partial charge in [0, 0.05) is 16.7 Å². The number of nitrogens with zero attached hydrogens (tertiary/aromatic N) is 2. The number of hydrogen-bond donors (Lipinski definition) is 1. The predicted octanol–water partition coefficient (Wildman–Crippen LogP) is 3.78. The van der Waals surface area contributed by atoms with E-state index in [4.69, 9.17) is 10.5 Å². The van der Waals surface area contributed by atoms with E-state index >= 15 is 0 Å². The molecule has 1 atom stereocenters. The van der Waals surface area contributed by atoms with Gasteiger partial charge in [0.2, 0.25) is 0 Å². The van der Waals surface area contributed by atoms with Gasteiger partial charge in [0.25, 0.3) is 0 Å². The van der Waals surface area contributed by atoms with E-state index in [2.05, 4.69) is 34.9 Å². The van der Waals surface area contributed by atoms with Crippen molar-refractivity contribution in [2.75, 3.05) is 5.73 Å². The summed E-state index contributed by atoms with van der Waals surface area (Å²) in [5.74, 6) is 0.682. The molecule has 0 amide bonds. The molecule has 0 aliphatic heterocycles. The predicted molar refractivity (Wildman–Crippen MR) is 80.1 cm³/mol. The van der Waals surface area contributed by atoms with Gasteiger partial charge in [-0.2, -0.15) is 5.10 Å². The fraction of sp³-hybridized carbons (Fsp3) is 0.357. The molecule has 1 unspecified atom stereocenters. The highest BCUT2D eigenvalue weighted by atomic mass is 79.9. The Kier molecular flexibility index (Phi) is 4.47. The quantitative estimate of drug-likeness (QED) is 0.852. The molecule has 0 saturated carbocycles. The molecule has 102 valence electrons. The van der Waals surface area contributed by atoms with Crippen LogP contribution in [0.25, 0.3) is 0 Å². The molecule has 1 aromatic heterocycles. The molecule has 2 rings (SSSR count). The summed E-state index contributed by atoms with van der Waals surface area (Å²) in [5.41, 5.74) is 7.41. The van der Waals surface area contributed by atoms with Crippen LogP contribution >= 0.6 is 15.9 Å². The van der Waals surface area contributed by atoms with Crippen LogP contribution in [0.3, 0.4) is 0 Å². The summed E-state index contributed by atoms with van der Waals surface area (Å²) >= 11 is 3.37. The van der Waals surface area contributed by atoms with Gasteiger partial charge >= 0.3 is 0 Å². The molecule has 19 heavy (non-hydrogen) atoms. The minimum atomic E-state index is 0.409. The van der Waals surface area contributed by atoms with E-state index in [-0.39, 0.29) is 0 Å². The number of nitrogen functional groups attached to an aromatic ring is 1. The van der Waals surface area contributed by atoms with Gasteiger partial charge in [0.1, 0.15) is 12.4 Å². The Labute approximate surface area is 121 Å². The smallest absolute Gasteiger partial charge is 0.142 e. The minimum Gasteiger partial charge on any atom is -0.485 e. The van der Waals surface area contributed by atoms with Crippen LogP contribution in [0.5, 0.6) is 5.75 Å². The van der Waals surface area contributed by atoms with Crippen molar-refractivity contribution in [2.45, 2.75) is 32.9 Å². The van der Waals surface area contributed by atoms with Gasteiger partial charge < -0.3 is 10.5 Å². The molecular weight excluding hydrogens is 306 g/mol. The first-order valence-electron chi connectivity index (χ1n) is 6.32. The molecule has 0 aliphatic carbocycles. The fourth-order valence-electron chi connectivity index (χ4n) is 1.69. The zero-order chi connectivity index (χ0) is 13.8. The largest absolute Gasteiger partial charge is 0.485 e. The molecule has 0 aliphatic rings. The maximum absolute atomic E-state index is 5.88. The summed E-state index contributed by atoms with van der Waals surface area (Å²) in [7, 11) is 0. The van der Waals surface area contributed by atoms with Gasteiger partial charge in [-0.05, 0) is 37.6 Å². The van der Waals surface area contributed by atoms with Crippen molar-refractivity contribution in [3.63, 3.8) is 0 Å². The van der Waals surface area contributed by atoms with Crippen molar-refractivity contribution < 1.29 is 4.74 Å². The van der Waals surface area contributed by atoms with E-state index in [1.165, 1.54) is 0 Å². The molecule has 2 aromatic rings. The van der Waals surface area contributed by atoms with Crippen molar-refractivity contribution >= 4 is 21.6 Å². The van der Waals surface area contributed by atoms with Crippen LogP contribution in [0.1, 0.15) is 32.0 Å². The second-order valence-electron chi connectivity index (χ2n) is 4.52. The first-order valence-corrected chi connectivity index (χ1v) is 7.11. The molecule has 1 heterocycles. The monoisotopic (exact) mass is 323 g/mol. The van der Waals surface area contributed by atoms with Gasteiger partial charge in [-0.15, -0.1) is 0 Å². The highest BCUT2D eigenvalue weighted by molar-refractivity contribution is 9.10. The lowest BCUT2D eigenvalue weighted by atomic mass is 10.3. The van der Waals surface area contributed by atoms with Crippen molar-refractivity contribution in [3.05, 3.63) is 40.6 Å². The molecule has 0 saturated heterocycles. The SMILES string of the molecule is CCC(C)n1ccc(COc2ccc(Br)cc2N)n1. The van der Waals surface area contributed by atoms with Crippen LogP contribution in [0, 0.1) is 0 Å². The third-order valence-corrected chi connectivity index (χ3v) is 3.55. The Morgan fingerprint density at radius 1 is 1.42 bits per heavy atom. The van der Waals surface area contributed by atoms with Crippen LogP contribution in [-0.2, 0) is 6.61 Å². The molecule has 1 aromatic carbocycles. The highest BCUT2D eigenvalue weighted by Crippen LogP contribution is 2.25. The lowest BCUT2D eigenvalue weighted by molar-refractivity contribution is 0.299. The second-order valence-corrected chi connectivity index (χ2v) is 5.43. The van der Waals surface area contributed by atoms with Crippen LogP contribution in [0.15, 0.2) is 34.9 Å². The lowest BCUT2D eigenvalue weighted by Crippen LogP contribution is -2.06. The van der Waals surface area contributed by atoms with E-state index in [9.17, 15) is 0 Å². The lowest BCUT2D eigenvalue weighted by Gasteiger charge is -2.09. The van der Waals surface area contributed by atoms with Gasteiger partial charge in [-0.3, -0.25) is 4.68 Å². The first kappa shape index (κ1) is 13.9. The van der Waals surface area contributed by atoms with Crippen molar-refractivity contribution in [1.29, 1.82) is 0 Å². The molecular formula is C14H18BrN3O. The Balaban J connectivity index is 2.00. The zero-order valence-corrected chi connectivity index (χ0v) is 12.7. The van der Waals surface area contributed by atoms with Crippen LogP contribution in [-0.4, -0.2) is 9.78 Å². The van der Waals surface area contributed by atoms with E-state index in [1.54, 1.807) is 0 Å². The molecule has 4 nitrogen and oxygen atoms in total. The number of rotatable bonds is 5. The molecule has 0 radical (unpaired) electrons. The molecule has 0 fully saturated rings. The Hall–Kier alpha value is -1.49. The number of anilines is 1. The molecule has 0 spiro atoms. The van der Waals surface area contributed by atoms with E-state index in [0.717, 1.165) is 16.6 Å². The number of halogens is 1. The standard InChI is InChI=1S/C14H18BrN3O/c1-3-10(2)18-7-6-12(17-18)9-19-14-5-4-11(15)8-13(14)16/h4-8,10H,3,9,16H2,1-2H3. The van der Waals surface area contributed by atoms with Crippen molar-refractivity contribution in [2.24, 2.45) is 0 Å². The van der Waals surface area contributed by atoms with Gasteiger partial charge in [0.15, 0.2) is 0 Å². The van der Waals surface area contributed by atoms with Crippen molar-refractivity contribution in [3.8, 4) is 5.75 Å². The number of aromatic nitrogens is 2. The summed E-state index contributed by atoms with van der Waals surface area (Å²) in [6, 6.07) is 7.97. The maximum Gasteiger partial charge on any atom is 0.142 e. The summed E-state index contributed by atoms with van der Waals surface area (Å²) in [6.07, 6.45) is 3.04. The normalized spacial score (nSPS) is 12.4. The third kappa shape index (κ3) is 3.50. The Morgan fingerprint density at radius 3 is 2.89 bits per heavy atom. The Morgan fingerprint density at radius 2 is 2.21 bits per heavy atom. The summed E-state index contributed by atoms with van der Waals surface area (Å²) in [5, 5.41) is 4.48. The highest BCUT2D eigenvalue weighted by Gasteiger charge is 2.06. The number of hydrogen-bond acceptors (Lipinski definition) is 3. The average Bonchev–Trinajstić information content (AvgIpc) is 2.85. The van der Waals surface area contributed by atoms with Crippen LogP contribution in [0.2, 0.25) is 0 Å². The van der Waals surface area contributed by atoms with E-state index in [0.29, 0.717) is 24.1 Å². The zero-order valence-electron chi connectivity index (χ0n) is 11.1. The second kappa shape index (κ2) is 6.10. The van der Waals surface area contributed by atoms with Gasteiger partial charge in [-0.1, -0.05) is 22.9 Å². The summed E-state index contributed by atoms with van der Waals surface area (Å²) in [6.45, 7) is 4.71. The topological polar surface area (TPSA) is 53.1 Å². The molecule has 0 bridgehead atoms. The number of benzene rings is 1. The van der Waals surface area contributed by atoms with Crippen LogP contribution in [0.4, 0.5) is 5.69 Å². The Bertz CT molecular complexity index is 553. The third-order valence-electron chi connectivity index (χ3n) is 3.05. The van der Waals surface area contributed by atoms with Crippen LogP contribution < -0.4 is 10.5 Å². The van der Waals surface area contributed by atoms with E-state index in [1.807, 2.05) is 35.1 Å². The molecule has 2 N–H and O–H groups in total. The number of nitrogens with two attached hydrogens (primary N) is 1. The first-order chi connectivity index (χ1) is 9.10. The van der Waals surface area contributed by atoms with Gasteiger partial charge in [-0.25, -0.2) is 0 Å². The fourth-order valence-corrected chi connectivity index (χ4v) is 2.07. The average molecular weight is 324 g/mol. The summed E-state index contributed by atoms with van der Waals surface area (Å²) < 4.78 is 8.59. The summed E-state index contributed by atoms with van der Waals surface area (Å²) in [4.78, 5) is 0. The number of ether oxygens (including phenoxy) is 1. The minimum absolute atomic E-state index is 0.409. The van der Waals surface area contributed by atoms with Gasteiger partial charge in [0.05, 0.1) is 11.4 Å². The van der Waals surface area contributed by atoms with Crippen molar-refractivity contribution in [1.82, 2.24) is 9.78 Å². The maximum atomic E-state index is 5.88. The van der Waals surface area contributed by atoms with E-state index < -0.39 is 0 Å².